The summed E-state index contributed by atoms with van der Waals surface area (Å²) in [5.41, 5.74) is 3.13. The number of halogens is 1. The minimum absolute atomic E-state index is 0.185. The molecule has 0 spiro atoms. The molecule has 2 N–H and O–H groups in total. The molecule has 0 amide bonds. The van der Waals surface area contributed by atoms with Crippen LogP contribution in [0.4, 0.5) is 5.69 Å². The van der Waals surface area contributed by atoms with E-state index < -0.39 is 0 Å². The third-order valence-electron chi connectivity index (χ3n) is 2.39. The molecule has 2 rings (SSSR count). The average molecular weight is 293 g/mol. The van der Waals surface area contributed by atoms with Crippen LogP contribution in [0.3, 0.4) is 0 Å². The van der Waals surface area contributed by atoms with Crippen molar-refractivity contribution in [3.63, 3.8) is 0 Å². The van der Waals surface area contributed by atoms with Gasteiger partial charge in [0.25, 0.3) is 0 Å². The first kappa shape index (κ1) is 11.9. The summed E-state index contributed by atoms with van der Waals surface area (Å²) in [5.74, 6) is 0.185. The molecule has 0 bridgehead atoms. The Morgan fingerprint density at radius 2 is 2.12 bits per heavy atom. The molecule has 3 nitrogen and oxygen atoms in total. The van der Waals surface area contributed by atoms with Crippen LogP contribution in [-0.4, -0.2) is 10.1 Å². The van der Waals surface area contributed by atoms with E-state index in [4.69, 9.17) is 5.11 Å². The number of anilines is 1. The zero-order valence-electron chi connectivity index (χ0n) is 9.44. The minimum atomic E-state index is 0.185. The summed E-state index contributed by atoms with van der Waals surface area (Å²) in [5, 5.41) is 12.4. The predicted octanol–water partition coefficient (Wildman–Crippen LogP) is 3.47. The van der Waals surface area contributed by atoms with Gasteiger partial charge < -0.3 is 10.4 Å². The fraction of sp³-hybridized carbons (Fsp3) is 0.154. The minimum Gasteiger partial charge on any atom is -0.506 e. The first-order valence-electron chi connectivity index (χ1n) is 5.29. The largest absolute Gasteiger partial charge is 0.506 e. The van der Waals surface area contributed by atoms with Crippen LogP contribution in [0, 0.1) is 6.92 Å². The van der Waals surface area contributed by atoms with E-state index in [1.807, 2.05) is 6.07 Å². The number of nitrogens with zero attached hydrogens (tertiary/aromatic N) is 1. The second kappa shape index (κ2) is 5.19. The fourth-order valence-corrected chi connectivity index (χ4v) is 2.10. The van der Waals surface area contributed by atoms with Gasteiger partial charge in [-0.2, -0.15) is 0 Å². The van der Waals surface area contributed by atoms with Gasteiger partial charge in [-0.05, 0) is 52.7 Å². The van der Waals surface area contributed by atoms with Gasteiger partial charge in [-0.1, -0.05) is 6.07 Å². The predicted molar refractivity (Wildman–Crippen MR) is 72.1 cm³/mol. The Balaban J connectivity index is 2.04. The molecule has 0 aliphatic rings. The number of pyridine rings is 1. The molecule has 0 aliphatic carbocycles. The van der Waals surface area contributed by atoms with Crippen LogP contribution in [0.25, 0.3) is 0 Å². The van der Waals surface area contributed by atoms with Crippen LogP contribution in [0.5, 0.6) is 5.75 Å². The molecule has 0 saturated heterocycles. The highest BCUT2D eigenvalue weighted by molar-refractivity contribution is 9.10. The van der Waals surface area contributed by atoms with E-state index in [0.717, 1.165) is 15.9 Å². The number of aromatic nitrogens is 1. The van der Waals surface area contributed by atoms with Crippen molar-refractivity contribution in [3.05, 3.63) is 52.3 Å². The molecule has 0 aliphatic heterocycles. The van der Waals surface area contributed by atoms with Crippen LogP contribution in [0.15, 0.2) is 41.0 Å². The highest BCUT2D eigenvalue weighted by atomic mass is 79.9. The summed E-state index contributed by atoms with van der Waals surface area (Å²) < 4.78 is 1.04. The molecule has 0 atom stereocenters. The normalized spacial score (nSPS) is 10.2. The number of benzene rings is 1. The fourth-order valence-electron chi connectivity index (χ4n) is 1.47. The second-order valence-electron chi connectivity index (χ2n) is 3.84. The summed E-state index contributed by atoms with van der Waals surface area (Å²) in [6.45, 7) is 2.68. The Bertz CT molecular complexity index is 511. The van der Waals surface area contributed by atoms with Gasteiger partial charge in [-0.3, -0.25) is 4.98 Å². The topological polar surface area (TPSA) is 45.1 Å². The number of hydrogen-bond acceptors (Lipinski definition) is 3. The molecule has 1 aromatic carbocycles. The molecule has 88 valence electrons. The number of rotatable bonds is 3. The quantitative estimate of drug-likeness (QED) is 0.910. The third kappa shape index (κ3) is 3.20. The van der Waals surface area contributed by atoms with E-state index in [1.165, 1.54) is 11.8 Å². The molecule has 1 heterocycles. The SMILES string of the molecule is Cc1ccc(NCc2ccc(O)cn2)c(Br)c1. The Morgan fingerprint density at radius 3 is 2.76 bits per heavy atom. The van der Waals surface area contributed by atoms with Crippen molar-refractivity contribution in [2.75, 3.05) is 5.32 Å². The summed E-state index contributed by atoms with van der Waals surface area (Å²) >= 11 is 3.51. The van der Waals surface area contributed by atoms with Crippen molar-refractivity contribution in [1.82, 2.24) is 4.98 Å². The highest BCUT2D eigenvalue weighted by Gasteiger charge is 2.00. The van der Waals surface area contributed by atoms with Crippen molar-refractivity contribution in [2.24, 2.45) is 0 Å². The molecule has 0 fully saturated rings. The zero-order valence-corrected chi connectivity index (χ0v) is 11.0. The Morgan fingerprint density at radius 1 is 1.29 bits per heavy atom. The second-order valence-corrected chi connectivity index (χ2v) is 4.70. The standard InChI is InChI=1S/C13H13BrN2O/c1-9-2-5-13(12(14)6-9)16-7-10-3-4-11(17)8-15-10/h2-6,8,16-17H,7H2,1H3. The first-order valence-corrected chi connectivity index (χ1v) is 6.08. The summed E-state index contributed by atoms with van der Waals surface area (Å²) in [6.07, 6.45) is 1.45. The van der Waals surface area contributed by atoms with Gasteiger partial charge in [0.15, 0.2) is 0 Å². The van der Waals surface area contributed by atoms with Crippen molar-refractivity contribution < 1.29 is 5.11 Å². The zero-order chi connectivity index (χ0) is 12.3. The maximum atomic E-state index is 9.13. The lowest BCUT2D eigenvalue weighted by molar-refractivity contribution is 0.472. The maximum absolute atomic E-state index is 9.13. The monoisotopic (exact) mass is 292 g/mol. The molecule has 1 aromatic heterocycles. The van der Waals surface area contributed by atoms with Crippen molar-refractivity contribution in [2.45, 2.75) is 13.5 Å². The Kier molecular flexibility index (Phi) is 3.64. The van der Waals surface area contributed by atoms with Crippen LogP contribution < -0.4 is 5.32 Å². The van der Waals surface area contributed by atoms with Gasteiger partial charge in [0.05, 0.1) is 18.4 Å². The third-order valence-corrected chi connectivity index (χ3v) is 3.05. The molecular weight excluding hydrogens is 280 g/mol. The van der Waals surface area contributed by atoms with Crippen LogP contribution in [0.1, 0.15) is 11.3 Å². The van der Waals surface area contributed by atoms with E-state index in [1.54, 1.807) is 12.1 Å². The van der Waals surface area contributed by atoms with Gasteiger partial charge in [0.1, 0.15) is 5.75 Å². The lowest BCUT2D eigenvalue weighted by Gasteiger charge is -2.08. The molecule has 0 radical (unpaired) electrons. The van der Waals surface area contributed by atoms with Crippen molar-refractivity contribution in [1.29, 1.82) is 0 Å². The summed E-state index contributed by atoms with van der Waals surface area (Å²) in [6, 6.07) is 9.57. The Hall–Kier alpha value is -1.55. The van der Waals surface area contributed by atoms with Crippen LogP contribution >= 0.6 is 15.9 Å². The van der Waals surface area contributed by atoms with Crippen molar-refractivity contribution in [3.8, 4) is 5.75 Å². The van der Waals surface area contributed by atoms with Crippen LogP contribution in [0.2, 0.25) is 0 Å². The number of aromatic hydroxyl groups is 1. The van der Waals surface area contributed by atoms with Crippen molar-refractivity contribution >= 4 is 21.6 Å². The Labute approximate surface area is 109 Å². The van der Waals surface area contributed by atoms with E-state index >= 15 is 0 Å². The molecule has 0 saturated carbocycles. The lowest BCUT2D eigenvalue weighted by Crippen LogP contribution is -2.01. The molecule has 2 aromatic rings. The maximum Gasteiger partial charge on any atom is 0.133 e. The van der Waals surface area contributed by atoms with Gasteiger partial charge in [0, 0.05) is 10.2 Å². The number of nitrogens with one attached hydrogen (secondary N) is 1. The van der Waals surface area contributed by atoms with Gasteiger partial charge in [0.2, 0.25) is 0 Å². The number of hydrogen-bond donors (Lipinski definition) is 2. The smallest absolute Gasteiger partial charge is 0.133 e. The average Bonchev–Trinajstić information content (AvgIpc) is 2.30. The van der Waals surface area contributed by atoms with Gasteiger partial charge in [-0.15, -0.1) is 0 Å². The molecule has 4 heteroatoms. The van der Waals surface area contributed by atoms with E-state index in [9.17, 15) is 0 Å². The first-order chi connectivity index (χ1) is 8.15. The summed E-state index contributed by atoms with van der Waals surface area (Å²) in [4.78, 5) is 4.11. The van der Waals surface area contributed by atoms with Crippen LogP contribution in [-0.2, 0) is 6.54 Å². The highest BCUT2D eigenvalue weighted by Crippen LogP contribution is 2.23. The van der Waals surface area contributed by atoms with E-state index in [-0.39, 0.29) is 5.75 Å². The molecular formula is C13H13BrN2O. The van der Waals surface area contributed by atoms with E-state index in [2.05, 4.69) is 45.3 Å². The molecule has 0 unspecified atom stereocenters. The number of aryl methyl sites for hydroxylation is 1. The van der Waals surface area contributed by atoms with Gasteiger partial charge >= 0.3 is 0 Å². The molecule has 17 heavy (non-hydrogen) atoms. The van der Waals surface area contributed by atoms with Gasteiger partial charge in [-0.25, -0.2) is 0 Å². The van der Waals surface area contributed by atoms with E-state index in [0.29, 0.717) is 6.54 Å². The lowest BCUT2D eigenvalue weighted by atomic mass is 10.2. The summed E-state index contributed by atoms with van der Waals surface area (Å²) in [7, 11) is 0.